The normalized spacial score (nSPS) is 21.8. The van der Waals surface area contributed by atoms with E-state index in [4.69, 9.17) is 0 Å². The van der Waals surface area contributed by atoms with Crippen molar-refractivity contribution >= 4 is 11.8 Å². The van der Waals surface area contributed by atoms with Gasteiger partial charge in [0, 0.05) is 11.3 Å². The van der Waals surface area contributed by atoms with Crippen LogP contribution in [0.1, 0.15) is 49.8 Å². The molecular weight excluding hydrogens is 238 g/mol. The Bertz CT molecular complexity index is 358. The van der Waals surface area contributed by atoms with Crippen LogP contribution in [0.4, 0.5) is 0 Å². The average Bonchev–Trinajstić information content (AvgIpc) is 2.42. The molecule has 1 aliphatic heterocycles. The van der Waals surface area contributed by atoms with Crippen LogP contribution in [0, 0.1) is 6.92 Å². The first kappa shape index (κ1) is 14.0. The van der Waals surface area contributed by atoms with E-state index in [9.17, 15) is 0 Å². The largest absolute Gasteiger partial charge is 0.309 e. The fourth-order valence-electron chi connectivity index (χ4n) is 2.71. The smallest absolute Gasteiger partial charge is 0.0443 e. The van der Waals surface area contributed by atoms with Gasteiger partial charge in [-0.25, -0.2) is 0 Å². The van der Waals surface area contributed by atoms with Gasteiger partial charge in [0.2, 0.25) is 0 Å². The van der Waals surface area contributed by atoms with Gasteiger partial charge in [-0.05, 0) is 49.6 Å². The molecule has 0 aromatic heterocycles. The lowest BCUT2D eigenvalue weighted by Gasteiger charge is -2.32. The summed E-state index contributed by atoms with van der Waals surface area (Å²) in [5, 5.41) is 4.53. The third kappa shape index (κ3) is 3.52. The third-order valence-electron chi connectivity index (χ3n) is 3.72. The monoisotopic (exact) mass is 263 g/mol. The molecule has 18 heavy (non-hydrogen) atoms. The summed E-state index contributed by atoms with van der Waals surface area (Å²) in [5.74, 6) is 1.33. The minimum absolute atomic E-state index is 0.538. The molecule has 1 heterocycles. The Balaban J connectivity index is 2.15. The zero-order chi connectivity index (χ0) is 12.8. The molecule has 0 amide bonds. The first-order valence-electron chi connectivity index (χ1n) is 7.23. The zero-order valence-electron chi connectivity index (χ0n) is 11.6. The van der Waals surface area contributed by atoms with E-state index >= 15 is 0 Å². The van der Waals surface area contributed by atoms with Crippen LogP contribution >= 0.6 is 11.8 Å². The molecule has 0 radical (unpaired) electrons. The fraction of sp³-hybridized carbons (Fsp3) is 0.625. The number of thioether (sulfide) groups is 1. The Morgan fingerprint density at radius 3 is 2.83 bits per heavy atom. The van der Waals surface area contributed by atoms with E-state index in [1.807, 2.05) is 0 Å². The summed E-state index contributed by atoms with van der Waals surface area (Å²) in [5.41, 5.74) is 2.93. The van der Waals surface area contributed by atoms with Crippen molar-refractivity contribution in [1.82, 2.24) is 5.32 Å². The Morgan fingerprint density at radius 2 is 2.17 bits per heavy atom. The molecule has 0 aliphatic carbocycles. The van der Waals surface area contributed by atoms with Gasteiger partial charge in [-0.3, -0.25) is 0 Å². The first-order valence-corrected chi connectivity index (χ1v) is 8.28. The molecule has 1 aromatic rings. The highest BCUT2D eigenvalue weighted by atomic mass is 32.2. The molecule has 2 atom stereocenters. The van der Waals surface area contributed by atoms with E-state index in [1.54, 1.807) is 0 Å². The van der Waals surface area contributed by atoms with Crippen LogP contribution in [0.5, 0.6) is 0 Å². The molecule has 2 unspecified atom stereocenters. The van der Waals surface area contributed by atoms with E-state index < -0.39 is 0 Å². The van der Waals surface area contributed by atoms with Gasteiger partial charge in [0.25, 0.3) is 0 Å². The SMILES string of the molecule is CCCNC(c1ccccc1C)C1CCCCS1. The van der Waals surface area contributed by atoms with Gasteiger partial charge in [-0.2, -0.15) is 11.8 Å². The van der Waals surface area contributed by atoms with E-state index in [-0.39, 0.29) is 0 Å². The zero-order valence-corrected chi connectivity index (χ0v) is 12.4. The summed E-state index contributed by atoms with van der Waals surface area (Å²) in [6, 6.07) is 9.40. The number of aryl methyl sites for hydroxylation is 1. The van der Waals surface area contributed by atoms with Crippen LogP contribution in [0.15, 0.2) is 24.3 Å². The molecule has 0 saturated carbocycles. The molecule has 1 N–H and O–H groups in total. The Morgan fingerprint density at radius 1 is 1.33 bits per heavy atom. The van der Waals surface area contributed by atoms with E-state index in [1.165, 1.54) is 42.6 Å². The summed E-state index contributed by atoms with van der Waals surface area (Å²) in [7, 11) is 0. The highest BCUT2D eigenvalue weighted by Gasteiger charge is 2.25. The Hall–Kier alpha value is -0.470. The molecule has 2 heteroatoms. The lowest BCUT2D eigenvalue weighted by Crippen LogP contribution is -2.32. The number of hydrogen-bond acceptors (Lipinski definition) is 2. The standard InChI is InChI=1S/C16H25NS/c1-3-11-17-16(15-10-6-7-12-18-15)14-9-5-4-8-13(14)2/h4-5,8-9,15-17H,3,6-7,10-12H2,1-2H3. The number of nitrogens with one attached hydrogen (secondary N) is 1. The second kappa shape index (κ2) is 7.20. The van der Waals surface area contributed by atoms with Crippen LogP contribution in [0.25, 0.3) is 0 Å². The van der Waals surface area contributed by atoms with Crippen molar-refractivity contribution in [1.29, 1.82) is 0 Å². The molecule has 2 rings (SSSR count). The predicted molar refractivity (Wildman–Crippen MR) is 82.3 cm³/mol. The maximum atomic E-state index is 3.78. The maximum Gasteiger partial charge on any atom is 0.0443 e. The fourth-order valence-corrected chi connectivity index (χ4v) is 4.15. The third-order valence-corrected chi connectivity index (χ3v) is 5.18. The number of hydrogen-bond donors (Lipinski definition) is 1. The van der Waals surface area contributed by atoms with Crippen LogP contribution < -0.4 is 5.32 Å². The van der Waals surface area contributed by atoms with Crippen molar-refractivity contribution in [2.45, 2.75) is 50.8 Å². The minimum Gasteiger partial charge on any atom is -0.309 e. The summed E-state index contributed by atoms with van der Waals surface area (Å²) < 4.78 is 0. The highest BCUT2D eigenvalue weighted by molar-refractivity contribution is 8.00. The van der Waals surface area contributed by atoms with Gasteiger partial charge < -0.3 is 5.32 Å². The first-order chi connectivity index (χ1) is 8.83. The molecule has 0 spiro atoms. The highest BCUT2D eigenvalue weighted by Crippen LogP contribution is 2.35. The number of benzene rings is 1. The minimum atomic E-state index is 0.538. The molecular formula is C16H25NS. The van der Waals surface area contributed by atoms with Crippen molar-refractivity contribution in [3.63, 3.8) is 0 Å². The van der Waals surface area contributed by atoms with Gasteiger partial charge in [0.05, 0.1) is 0 Å². The Labute approximate surface area is 116 Å². The summed E-state index contributed by atoms with van der Waals surface area (Å²) >= 11 is 2.16. The average molecular weight is 263 g/mol. The van der Waals surface area contributed by atoms with Gasteiger partial charge in [-0.1, -0.05) is 37.6 Å². The molecule has 1 fully saturated rings. The molecule has 1 aromatic carbocycles. The second-order valence-corrected chi connectivity index (χ2v) is 6.54. The van der Waals surface area contributed by atoms with Crippen molar-refractivity contribution in [3.8, 4) is 0 Å². The summed E-state index contributed by atoms with van der Waals surface area (Å²) in [4.78, 5) is 0. The van der Waals surface area contributed by atoms with Gasteiger partial charge in [0.1, 0.15) is 0 Å². The summed E-state index contributed by atoms with van der Waals surface area (Å²) in [6.07, 6.45) is 5.36. The van der Waals surface area contributed by atoms with Crippen molar-refractivity contribution < 1.29 is 0 Å². The van der Waals surface area contributed by atoms with Gasteiger partial charge in [0.15, 0.2) is 0 Å². The second-order valence-electron chi connectivity index (χ2n) is 5.19. The lowest BCUT2D eigenvalue weighted by atomic mass is 9.95. The molecule has 0 bridgehead atoms. The van der Waals surface area contributed by atoms with Crippen LogP contribution in [-0.4, -0.2) is 17.5 Å². The topological polar surface area (TPSA) is 12.0 Å². The number of rotatable bonds is 5. The van der Waals surface area contributed by atoms with Crippen LogP contribution in [-0.2, 0) is 0 Å². The molecule has 1 aliphatic rings. The maximum absolute atomic E-state index is 3.78. The lowest BCUT2D eigenvalue weighted by molar-refractivity contribution is 0.478. The van der Waals surface area contributed by atoms with Crippen LogP contribution in [0.3, 0.4) is 0 Å². The van der Waals surface area contributed by atoms with Crippen molar-refractivity contribution in [2.75, 3.05) is 12.3 Å². The molecule has 100 valence electrons. The van der Waals surface area contributed by atoms with E-state index in [2.05, 4.69) is 55.2 Å². The quantitative estimate of drug-likeness (QED) is 0.849. The van der Waals surface area contributed by atoms with E-state index in [0.717, 1.165) is 11.8 Å². The van der Waals surface area contributed by atoms with E-state index in [0.29, 0.717) is 6.04 Å². The Kier molecular flexibility index (Phi) is 5.58. The predicted octanol–water partition coefficient (Wildman–Crippen LogP) is 4.32. The summed E-state index contributed by atoms with van der Waals surface area (Å²) in [6.45, 7) is 5.61. The van der Waals surface area contributed by atoms with Crippen LogP contribution in [0.2, 0.25) is 0 Å². The van der Waals surface area contributed by atoms with Crippen molar-refractivity contribution in [3.05, 3.63) is 35.4 Å². The van der Waals surface area contributed by atoms with Crippen molar-refractivity contribution in [2.24, 2.45) is 0 Å². The molecule has 1 saturated heterocycles. The van der Waals surface area contributed by atoms with Gasteiger partial charge >= 0.3 is 0 Å². The molecule has 1 nitrogen and oxygen atoms in total. The van der Waals surface area contributed by atoms with Gasteiger partial charge in [-0.15, -0.1) is 0 Å².